The van der Waals surface area contributed by atoms with Crippen molar-refractivity contribution in [2.45, 2.75) is 25.5 Å². The minimum absolute atomic E-state index is 0.0177. The zero-order valence-corrected chi connectivity index (χ0v) is 18.8. The van der Waals surface area contributed by atoms with Gasteiger partial charge in [-0.05, 0) is 38.1 Å². The number of benzene rings is 2. The van der Waals surface area contributed by atoms with E-state index in [0.29, 0.717) is 34.0 Å². The summed E-state index contributed by atoms with van der Waals surface area (Å²) in [6, 6.07) is 16.4. The monoisotopic (exact) mass is 449 g/mol. The lowest BCUT2D eigenvalue weighted by Crippen LogP contribution is -2.25. The highest BCUT2D eigenvalue weighted by Gasteiger charge is 2.19. The molecular formula is C23H23N5O3S. The maximum absolute atomic E-state index is 13.0. The normalized spacial score (nSPS) is 11.1. The molecule has 2 heterocycles. The molecule has 8 nitrogen and oxygen atoms in total. The number of para-hydroxylation sites is 2. The highest BCUT2D eigenvalue weighted by molar-refractivity contribution is 7.99. The fourth-order valence-corrected chi connectivity index (χ4v) is 4.42. The number of anilines is 1. The summed E-state index contributed by atoms with van der Waals surface area (Å²) in [6.07, 6.45) is 0. The standard InChI is InChI=1S/C23H23N5O3S/c1-4-27-21(30)17-12-8-9-13-18(17)24-23(27)32-14-19(29)25-20-15(2)26(3)28(22(20)31)16-10-6-5-7-11-16/h5-13H,4,14H2,1-3H3,(H,25,29). The van der Waals surface area contributed by atoms with E-state index in [9.17, 15) is 14.4 Å². The Morgan fingerprint density at radius 1 is 1.03 bits per heavy atom. The van der Waals surface area contributed by atoms with Crippen LogP contribution in [0.3, 0.4) is 0 Å². The molecule has 4 aromatic rings. The van der Waals surface area contributed by atoms with Gasteiger partial charge in [0.25, 0.3) is 11.1 Å². The SMILES string of the molecule is CCn1c(SCC(=O)Nc2c(C)n(C)n(-c3ccccc3)c2=O)nc2ccccc2c1=O. The predicted octanol–water partition coefficient (Wildman–Crippen LogP) is 2.95. The molecule has 0 aliphatic rings. The number of nitrogens with one attached hydrogen (secondary N) is 1. The van der Waals surface area contributed by atoms with Crippen molar-refractivity contribution >= 4 is 34.3 Å². The van der Waals surface area contributed by atoms with E-state index in [1.807, 2.05) is 43.3 Å². The first kappa shape index (κ1) is 21.6. The first-order valence-electron chi connectivity index (χ1n) is 10.2. The molecule has 0 atom stereocenters. The van der Waals surface area contributed by atoms with E-state index in [2.05, 4.69) is 10.3 Å². The van der Waals surface area contributed by atoms with Crippen LogP contribution in [0.15, 0.2) is 69.3 Å². The molecule has 0 fully saturated rings. The number of nitrogens with zero attached hydrogens (tertiary/aromatic N) is 4. The fraction of sp³-hybridized carbons (Fsp3) is 0.217. The van der Waals surface area contributed by atoms with Crippen LogP contribution in [0.5, 0.6) is 0 Å². The summed E-state index contributed by atoms with van der Waals surface area (Å²) in [5.41, 5.74) is 1.75. The van der Waals surface area contributed by atoms with Crippen molar-refractivity contribution in [2.24, 2.45) is 7.05 Å². The Labute approximate surface area is 188 Å². The van der Waals surface area contributed by atoms with Gasteiger partial charge >= 0.3 is 0 Å². The molecule has 0 saturated carbocycles. The van der Waals surface area contributed by atoms with Gasteiger partial charge in [-0.1, -0.05) is 42.1 Å². The van der Waals surface area contributed by atoms with Crippen molar-refractivity contribution < 1.29 is 4.79 Å². The van der Waals surface area contributed by atoms with E-state index < -0.39 is 0 Å². The number of aromatic nitrogens is 4. The number of carbonyl (C=O) groups excluding carboxylic acids is 1. The molecule has 0 aliphatic carbocycles. The second-order valence-electron chi connectivity index (χ2n) is 7.23. The summed E-state index contributed by atoms with van der Waals surface area (Å²) in [5, 5.41) is 3.76. The zero-order valence-electron chi connectivity index (χ0n) is 18.0. The van der Waals surface area contributed by atoms with Crippen LogP contribution in [0.25, 0.3) is 16.6 Å². The van der Waals surface area contributed by atoms with Gasteiger partial charge in [0.15, 0.2) is 5.16 Å². The molecule has 164 valence electrons. The van der Waals surface area contributed by atoms with Crippen LogP contribution in [-0.4, -0.2) is 30.6 Å². The van der Waals surface area contributed by atoms with Crippen molar-refractivity contribution in [2.75, 3.05) is 11.1 Å². The van der Waals surface area contributed by atoms with Crippen LogP contribution in [0.2, 0.25) is 0 Å². The zero-order chi connectivity index (χ0) is 22.8. The van der Waals surface area contributed by atoms with Crippen molar-refractivity contribution in [3.05, 3.63) is 81.0 Å². The molecular weight excluding hydrogens is 426 g/mol. The third-order valence-electron chi connectivity index (χ3n) is 5.29. The molecule has 0 unspecified atom stereocenters. The summed E-state index contributed by atoms with van der Waals surface area (Å²) in [6.45, 7) is 4.09. The second kappa shape index (κ2) is 8.88. The molecule has 4 rings (SSSR count). The molecule has 0 saturated heterocycles. The number of rotatable bonds is 6. The Bertz CT molecular complexity index is 1420. The minimum Gasteiger partial charge on any atom is -0.319 e. The summed E-state index contributed by atoms with van der Waals surface area (Å²) in [7, 11) is 1.77. The molecule has 2 aromatic heterocycles. The summed E-state index contributed by atoms with van der Waals surface area (Å²) in [5.74, 6) is -0.324. The van der Waals surface area contributed by atoms with Gasteiger partial charge in [0.05, 0.1) is 28.0 Å². The van der Waals surface area contributed by atoms with Crippen molar-refractivity contribution in [3.63, 3.8) is 0 Å². The van der Waals surface area contributed by atoms with E-state index in [1.165, 1.54) is 16.4 Å². The lowest BCUT2D eigenvalue weighted by molar-refractivity contribution is -0.113. The van der Waals surface area contributed by atoms with E-state index in [4.69, 9.17) is 0 Å². The third kappa shape index (κ3) is 3.87. The molecule has 9 heteroatoms. The minimum atomic E-state index is -0.342. The summed E-state index contributed by atoms with van der Waals surface area (Å²) in [4.78, 5) is 43.0. The van der Waals surface area contributed by atoms with Crippen LogP contribution in [0.1, 0.15) is 12.6 Å². The van der Waals surface area contributed by atoms with Gasteiger partial charge < -0.3 is 5.32 Å². The number of carbonyl (C=O) groups is 1. The van der Waals surface area contributed by atoms with Crippen LogP contribution < -0.4 is 16.4 Å². The van der Waals surface area contributed by atoms with Gasteiger partial charge in [-0.25, -0.2) is 9.67 Å². The summed E-state index contributed by atoms with van der Waals surface area (Å²) >= 11 is 1.17. The maximum Gasteiger partial charge on any atom is 0.295 e. The average molecular weight is 450 g/mol. The lowest BCUT2D eigenvalue weighted by Gasteiger charge is -2.11. The lowest BCUT2D eigenvalue weighted by atomic mass is 10.2. The molecule has 1 amide bonds. The van der Waals surface area contributed by atoms with Gasteiger partial charge in [-0.2, -0.15) is 0 Å². The fourth-order valence-electron chi connectivity index (χ4n) is 3.55. The maximum atomic E-state index is 13.0. The smallest absolute Gasteiger partial charge is 0.295 e. The van der Waals surface area contributed by atoms with Gasteiger partial charge in [-0.15, -0.1) is 0 Å². The van der Waals surface area contributed by atoms with Crippen molar-refractivity contribution in [1.29, 1.82) is 0 Å². The molecule has 2 aromatic carbocycles. The Kier molecular flexibility index (Phi) is 6.00. The van der Waals surface area contributed by atoms with Crippen LogP contribution >= 0.6 is 11.8 Å². The molecule has 0 radical (unpaired) electrons. The molecule has 0 aliphatic heterocycles. The van der Waals surface area contributed by atoms with Gasteiger partial charge in [0.1, 0.15) is 5.69 Å². The Hall–Kier alpha value is -3.59. The molecule has 0 bridgehead atoms. The van der Waals surface area contributed by atoms with E-state index in [0.717, 1.165) is 0 Å². The number of fused-ring (bicyclic) bond motifs is 1. The second-order valence-corrected chi connectivity index (χ2v) is 8.18. The first-order chi connectivity index (χ1) is 15.4. The first-order valence-corrected chi connectivity index (χ1v) is 11.2. The van der Waals surface area contributed by atoms with Crippen LogP contribution in [0.4, 0.5) is 5.69 Å². The molecule has 1 N–H and O–H groups in total. The Morgan fingerprint density at radius 2 is 1.72 bits per heavy atom. The summed E-state index contributed by atoms with van der Waals surface area (Å²) < 4.78 is 4.77. The average Bonchev–Trinajstić information content (AvgIpc) is 3.01. The predicted molar refractivity (Wildman–Crippen MR) is 127 cm³/mol. The van der Waals surface area contributed by atoms with Gasteiger partial charge in [-0.3, -0.25) is 23.6 Å². The van der Waals surface area contributed by atoms with Crippen LogP contribution in [-0.2, 0) is 18.4 Å². The molecule has 0 spiro atoms. The van der Waals surface area contributed by atoms with Gasteiger partial charge in [0.2, 0.25) is 5.91 Å². The Morgan fingerprint density at radius 3 is 2.44 bits per heavy atom. The molecule has 32 heavy (non-hydrogen) atoms. The highest BCUT2D eigenvalue weighted by Crippen LogP contribution is 2.19. The number of hydrogen-bond donors (Lipinski definition) is 1. The number of thioether (sulfide) groups is 1. The quantitative estimate of drug-likeness (QED) is 0.361. The van der Waals surface area contributed by atoms with Gasteiger partial charge in [0, 0.05) is 13.6 Å². The van der Waals surface area contributed by atoms with Crippen molar-refractivity contribution in [1.82, 2.24) is 18.9 Å². The number of hydrogen-bond acceptors (Lipinski definition) is 5. The number of amides is 1. The van der Waals surface area contributed by atoms with E-state index in [-0.39, 0.29) is 28.5 Å². The Balaban J connectivity index is 1.57. The topological polar surface area (TPSA) is 90.9 Å². The van der Waals surface area contributed by atoms with Crippen molar-refractivity contribution in [3.8, 4) is 5.69 Å². The highest BCUT2D eigenvalue weighted by atomic mass is 32.2. The van der Waals surface area contributed by atoms with E-state index in [1.54, 1.807) is 41.4 Å². The third-order valence-corrected chi connectivity index (χ3v) is 6.27. The van der Waals surface area contributed by atoms with E-state index >= 15 is 0 Å². The van der Waals surface area contributed by atoms with Crippen LogP contribution in [0, 0.1) is 6.92 Å². The largest absolute Gasteiger partial charge is 0.319 e.